The van der Waals surface area contributed by atoms with Crippen LogP contribution in [-0.2, 0) is 16.5 Å². The number of hydrogen-bond donors (Lipinski definition) is 1. The molecule has 0 spiro atoms. The van der Waals surface area contributed by atoms with Crippen LogP contribution in [0.4, 0.5) is 23.8 Å². The number of carbonyl (C=O) groups is 1. The number of rotatable bonds is 5. The lowest BCUT2D eigenvalue weighted by Crippen LogP contribution is -2.54. The summed E-state index contributed by atoms with van der Waals surface area (Å²) in [6, 6.07) is 11.7. The zero-order valence-corrected chi connectivity index (χ0v) is 18.7. The van der Waals surface area contributed by atoms with E-state index in [9.17, 15) is 23.1 Å². The third kappa shape index (κ3) is 5.08. The van der Waals surface area contributed by atoms with Crippen LogP contribution in [-0.4, -0.2) is 52.4 Å². The molecule has 2 saturated heterocycles. The summed E-state index contributed by atoms with van der Waals surface area (Å²) in [7, 11) is 0. The van der Waals surface area contributed by atoms with E-state index < -0.39 is 29.0 Å². The molecule has 0 saturated carbocycles. The number of anilines is 1. The number of halogens is 3. The van der Waals surface area contributed by atoms with E-state index in [-0.39, 0.29) is 12.5 Å². The molecule has 2 atom stereocenters. The Kier molecular flexibility index (Phi) is 6.03. The Labute approximate surface area is 191 Å². The highest BCUT2D eigenvalue weighted by Crippen LogP contribution is 2.41. The van der Waals surface area contributed by atoms with Gasteiger partial charge in [0.1, 0.15) is 11.4 Å². The highest BCUT2D eigenvalue weighted by molar-refractivity contribution is 5.70. The summed E-state index contributed by atoms with van der Waals surface area (Å²) < 4.78 is 44.4. The van der Waals surface area contributed by atoms with E-state index in [0.29, 0.717) is 38.3 Å². The van der Waals surface area contributed by atoms with Crippen molar-refractivity contribution < 1.29 is 27.8 Å². The molecule has 1 amide bonds. The number of ether oxygens (including phenoxy) is 1. The number of amides is 1. The van der Waals surface area contributed by atoms with Gasteiger partial charge in [0.15, 0.2) is 0 Å². The van der Waals surface area contributed by atoms with Crippen LogP contribution in [0.1, 0.15) is 44.2 Å². The molecule has 2 fully saturated rings. The summed E-state index contributed by atoms with van der Waals surface area (Å²) in [5, 5.41) is 10.5. The zero-order valence-electron chi connectivity index (χ0n) is 18.7. The Bertz CT molecular complexity index is 976. The van der Waals surface area contributed by atoms with Gasteiger partial charge < -0.3 is 19.6 Å². The van der Waals surface area contributed by atoms with Gasteiger partial charge in [0.25, 0.3) is 0 Å². The molecular formula is C24H28F3N3O3. The Balaban J connectivity index is 1.46. The monoisotopic (exact) mass is 463 g/mol. The van der Waals surface area contributed by atoms with Crippen molar-refractivity contribution in [2.45, 2.75) is 56.5 Å². The van der Waals surface area contributed by atoms with Crippen LogP contribution in [0.3, 0.4) is 0 Å². The fourth-order valence-corrected chi connectivity index (χ4v) is 4.82. The molecule has 2 aliphatic rings. The van der Waals surface area contributed by atoms with E-state index in [1.165, 1.54) is 6.07 Å². The van der Waals surface area contributed by atoms with Gasteiger partial charge in [-0.15, -0.1) is 0 Å². The van der Waals surface area contributed by atoms with Gasteiger partial charge in [-0.1, -0.05) is 30.3 Å². The second-order valence-corrected chi connectivity index (χ2v) is 9.45. The van der Waals surface area contributed by atoms with Crippen molar-refractivity contribution in [2.24, 2.45) is 0 Å². The van der Waals surface area contributed by atoms with Crippen LogP contribution in [0.2, 0.25) is 0 Å². The number of carbonyl (C=O) groups excluding carboxylic acids is 1. The molecule has 0 radical (unpaired) electrons. The molecule has 0 aliphatic carbocycles. The first kappa shape index (κ1) is 23.4. The van der Waals surface area contributed by atoms with E-state index in [2.05, 4.69) is 4.98 Å². The molecule has 1 N–H and O–H groups in total. The second kappa shape index (κ2) is 8.52. The molecule has 178 valence electrons. The van der Waals surface area contributed by atoms with Crippen molar-refractivity contribution in [1.82, 2.24) is 9.88 Å². The summed E-state index contributed by atoms with van der Waals surface area (Å²) >= 11 is 0. The number of benzene rings is 1. The first-order valence-electron chi connectivity index (χ1n) is 11.0. The molecule has 33 heavy (non-hydrogen) atoms. The van der Waals surface area contributed by atoms with Crippen molar-refractivity contribution >= 4 is 11.9 Å². The van der Waals surface area contributed by atoms with E-state index in [1.54, 1.807) is 18.7 Å². The third-order valence-corrected chi connectivity index (χ3v) is 6.30. The lowest BCUT2D eigenvalue weighted by atomic mass is 9.80. The van der Waals surface area contributed by atoms with Gasteiger partial charge >= 0.3 is 12.3 Å². The average molecular weight is 464 g/mol. The predicted octanol–water partition coefficient (Wildman–Crippen LogP) is 4.58. The number of alkyl halides is 3. The van der Waals surface area contributed by atoms with Crippen LogP contribution < -0.4 is 4.90 Å². The first-order valence-corrected chi connectivity index (χ1v) is 11.0. The van der Waals surface area contributed by atoms with Crippen LogP contribution in [0.5, 0.6) is 0 Å². The molecule has 1 aromatic carbocycles. The zero-order chi connectivity index (χ0) is 23.9. The van der Waals surface area contributed by atoms with E-state index in [1.807, 2.05) is 35.2 Å². The summed E-state index contributed by atoms with van der Waals surface area (Å²) in [5.41, 5.74) is -1.88. The molecule has 4 rings (SSSR count). The summed E-state index contributed by atoms with van der Waals surface area (Å²) in [6.45, 7) is 4.91. The number of cyclic esters (lactones) is 1. The number of pyridine rings is 1. The van der Waals surface area contributed by atoms with Crippen LogP contribution >= 0.6 is 0 Å². The van der Waals surface area contributed by atoms with Gasteiger partial charge in [-0.2, -0.15) is 13.2 Å². The van der Waals surface area contributed by atoms with E-state index in [4.69, 9.17) is 4.74 Å². The van der Waals surface area contributed by atoms with Gasteiger partial charge in [-0.25, -0.2) is 9.78 Å². The molecule has 2 aliphatic heterocycles. The summed E-state index contributed by atoms with van der Waals surface area (Å²) in [4.78, 5) is 20.7. The molecule has 0 bridgehead atoms. The minimum Gasteiger partial charge on any atom is -0.438 e. The maximum absolute atomic E-state index is 13.1. The lowest BCUT2D eigenvalue weighted by molar-refractivity contribution is -0.137. The van der Waals surface area contributed by atoms with Crippen LogP contribution in [0.15, 0.2) is 48.7 Å². The molecule has 2 unspecified atom stereocenters. The number of hydrogen-bond acceptors (Lipinski definition) is 5. The molecule has 9 heteroatoms. The number of aromatic nitrogens is 1. The standard InChI is InChI=1S/C24H28F3N3O3/c1-22(2,32)16-23(17-6-4-3-5-7-17)11-13-30(21(31)33-23)19-10-12-29(15-19)20-9-8-18(14-28-20)24(25,26)27/h3-9,14,19,32H,10-13,15-16H2,1-2H3. The highest BCUT2D eigenvalue weighted by Gasteiger charge is 2.47. The SMILES string of the molecule is CC(C)(O)CC1(c2ccccc2)CCN(C2CCN(c3ccc(C(F)(F)F)cn3)C2)C(=O)O1. The Morgan fingerprint density at radius 2 is 1.88 bits per heavy atom. The lowest BCUT2D eigenvalue weighted by Gasteiger charge is -2.45. The van der Waals surface area contributed by atoms with Crippen molar-refractivity contribution in [3.05, 3.63) is 59.8 Å². The maximum atomic E-state index is 13.1. The second-order valence-electron chi connectivity index (χ2n) is 9.45. The van der Waals surface area contributed by atoms with Crippen LogP contribution in [0.25, 0.3) is 0 Å². The van der Waals surface area contributed by atoms with Gasteiger partial charge in [-0.05, 0) is 38.0 Å². The Hall–Kier alpha value is -2.81. The van der Waals surface area contributed by atoms with Gasteiger partial charge in [0.05, 0.1) is 17.2 Å². The summed E-state index contributed by atoms with van der Waals surface area (Å²) in [5.74, 6) is 0.455. The number of aliphatic hydroxyl groups is 1. The van der Waals surface area contributed by atoms with Gasteiger partial charge in [0.2, 0.25) is 0 Å². The van der Waals surface area contributed by atoms with Crippen LogP contribution in [0, 0.1) is 0 Å². The molecule has 1 aromatic heterocycles. The molecule has 2 aromatic rings. The molecule has 6 nitrogen and oxygen atoms in total. The van der Waals surface area contributed by atoms with E-state index >= 15 is 0 Å². The van der Waals surface area contributed by atoms with Gasteiger partial charge in [-0.3, -0.25) is 0 Å². The van der Waals surface area contributed by atoms with Gasteiger partial charge in [0, 0.05) is 38.7 Å². The fraction of sp³-hybridized carbons (Fsp3) is 0.500. The number of nitrogens with zero attached hydrogens (tertiary/aromatic N) is 3. The normalized spacial score (nSPS) is 24.2. The smallest absolute Gasteiger partial charge is 0.417 e. The minimum absolute atomic E-state index is 0.127. The topological polar surface area (TPSA) is 65.9 Å². The largest absolute Gasteiger partial charge is 0.438 e. The van der Waals surface area contributed by atoms with Crippen molar-refractivity contribution in [2.75, 3.05) is 24.5 Å². The van der Waals surface area contributed by atoms with Crippen molar-refractivity contribution in [3.8, 4) is 0 Å². The average Bonchev–Trinajstić information content (AvgIpc) is 3.23. The Morgan fingerprint density at radius 1 is 1.15 bits per heavy atom. The predicted molar refractivity (Wildman–Crippen MR) is 117 cm³/mol. The quantitative estimate of drug-likeness (QED) is 0.703. The maximum Gasteiger partial charge on any atom is 0.417 e. The molecule has 3 heterocycles. The Morgan fingerprint density at radius 3 is 2.45 bits per heavy atom. The summed E-state index contributed by atoms with van der Waals surface area (Å²) in [6.07, 6.45) is -2.56. The first-order chi connectivity index (χ1) is 15.5. The molecular weight excluding hydrogens is 435 g/mol. The van der Waals surface area contributed by atoms with Crippen molar-refractivity contribution in [3.63, 3.8) is 0 Å². The van der Waals surface area contributed by atoms with Crippen molar-refractivity contribution in [1.29, 1.82) is 0 Å². The minimum atomic E-state index is -4.43. The fourth-order valence-electron chi connectivity index (χ4n) is 4.82. The highest BCUT2D eigenvalue weighted by atomic mass is 19.4. The third-order valence-electron chi connectivity index (χ3n) is 6.30. The van der Waals surface area contributed by atoms with E-state index in [0.717, 1.165) is 17.8 Å².